The summed E-state index contributed by atoms with van der Waals surface area (Å²) in [5.74, 6) is 0.120. The zero-order valence-corrected chi connectivity index (χ0v) is 25.8. The van der Waals surface area contributed by atoms with Crippen molar-refractivity contribution in [1.82, 2.24) is 9.97 Å². The van der Waals surface area contributed by atoms with Crippen LogP contribution < -0.4 is 20.9 Å². The van der Waals surface area contributed by atoms with Gasteiger partial charge >= 0.3 is 0 Å². The lowest BCUT2D eigenvalue weighted by molar-refractivity contribution is 0.599. The van der Waals surface area contributed by atoms with E-state index in [2.05, 4.69) is 24.4 Å². The van der Waals surface area contributed by atoms with Crippen molar-refractivity contribution in [3.8, 4) is 0 Å². The van der Waals surface area contributed by atoms with Gasteiger partial charge in [-0.15, -0.1) is 0 Å². The molecule has 0 saturated heterocycles. The lowest BCUT2D eigenvalue weighted by Gasteiger charge is -2.09. The van der Waals surface area contributed by atoms with E-state index >= 15 is 0 Å². The minimum absolute atomic E-state index is 0.0962. The molecular weight excluding hydrogens is 634 g/mol. The van der Waals surface area contributed by atoms with Crippen molar-refractivity contribution in [3.05, 3.63) is 127 Å². The average Bonchev–Trinajstić information content (AvgIpc) is 3.02. The van der Waals surface area contributed by atoms with Gasteiger partial charge in [-0.05, 0) is 71.4 Å². The van der Waals surface area contributed by atoms with Crippen LogP contribution in [0.3, 0.4) is 0 Å². The lowest BCUT2D eigenvalue weighted by atomic mass is 10.1. The molecule has 0 bridgehead atoms. The number of guanidine groups is 1. The number of aromatic nitrogens is 2. The van der Waals surface area contributed by atoms with Crippen LogP contribution in [0.5, 0.6) is 0 Å². The van der Waals surface area contributed by atoms with Crippen molar-refractivity contribution >= 4 is 76.3 Å². The maximum absolute atomic E-state index is 12.6. The molecule has 0 saturated carbocycles. The third-order valence-electron chi connectivity index (χ3n) is 6.31. The second-order valence-corrected chi connectivity index (χ2v) is 13.2. The highest BCUT2D eigenvalue weighted by molar-refractivity contribution is 7.93. The van der Waals surface area contributed by atoms with Gasteiger partial charge in [-0.2, -0.15) is 4.99 Å². The number of aliphatic imine (C=N–C) groups is 1. The van der Waals surface area contributed by atoms with E-state index in [0.717, 1.165) is 10.8 Å². The summed E-state index contributed by atoms with van der Waals surface area (Å²) in [7, 11) is -7.40. The molecule has 0 fully saturated rings. The fourth-order valence-corrected chi connectivity index (χ4v) is 6.62. The molecule has 0 spiro atoms. The molecule has 2 heterocycles. The summed E-state index contributed by atoms with van der Waals surface area (Å²) in [5.41, 5.74) is 11.8. The van der Waals surface area contributed by atoms with Crippen molar-refractivity contribution in [3.63, 3.8) is 0 Å². The number of anilines is 2. The predicted octanol–water partition coefficient (Wildman–Crippen LogP) is 5.63. The van der Waals surface area contributed by atoms with Crippen LogP contribution in [0.1, 0.15) is 0 Å². The van der Waals surface area contributed by atoms with Gasteiger partial charge in [0.2, 0.25) is 0 Å². The predicted molar refractivity (Wildman–Crippen MR) is 178 cm³/mol. The molecule has 45 heavy (non-hydrogen) atoms. The second-order valence-electron chi connectivity index (χ2n) is 9.48. The molecule has 0 aliphatic rings. The number of rotatable bonds is 7. The SMILES string of the molecule is NC(N)=Nc1nccc2ccc(S(=O)(=O)Nc3ccccc3)cc12.O=S(=O)(Nc1ccccc1)c1ccc2ccnc(Cl)c2c1. The van der Waals surface area contributed by atoms with Crippen molar-refractivity contribution < 1.29 is 16.8 Å². The highest BCUT2D eigenvalue weighted by Gasteiger charge is 2.17. The first kappa shape index (κ1) is 31.2. The summed E-state index contributed by atoms with van der Waals surface area (Å²) < 4.78 is 54.9. The summed E-state index contributed by atoms with van der Waals surface area (Å²) in [6.45, 7) is 0. The summed E-state index contributed by atoms with van der Waals surface area (Å²) in [5, 5.41) is 3.05. The van der Waals surface area contributed by atoms with Gasteiger partial charge in [-0.1, -0.05) is 60.1 Å². The largest absolute Gasteiger partial charge is 0.370 e. The molecule has 0 unspecified atom stereocenters. The van der Waals surface area contributed by atoms with Crippen LogP contribution in [0.25, 0.3) is 21.5 Å². The van der Waals surface area contributed by atoms with E-state index in [1.54, 1.807) is 97.3 Å². The summed E-state index contributed by atoms with van der Waals surface area (Å²) in [6.07, 6.45) is 3.14. The van der Waals surface area contributed by atoms with E-state index in [1.165, 1.54) is 18.2 Å². The molecule has 228 valence electrons. The van der Waals surface area contributed by atoms with Crippen LogP contribution in [-0.2, 0) is 20.0 Å². The number of fused-ring (bicyclic) bond motifs is 2. The molecule has 0 atom stereocenters. The highest BCUT2D eigenvalue weighted by Crippen LogP contribution is 2.28. The molecule has 6 rings (SSSR count). The smallest absolute Gasteiger partial charge is 0.261 e. The molecule has 2 aromatic heterocycles. The number of pyridine rings is 2. The zero-order valence-electron chi connectivity index (χ0n) is 23.4. The van der Waals surface area contributed by atoms with E-state index < -0.39 is 20.0 Å². The maximum atomic E-state index is 12.6. The molecule has 6 aromatic rings. The quantitative estimate of drug-likeness (QED) is 0.0966. The van der Waals surface area contributed by atoms with Crippen LogP contribution in [0.4, 0.5) is 17.2 Å². The number of hydrogen-bond donors (Lipinski definition) is 4. The Morgan fingerprint density at radius 1 is 0.622 bits per heavy atom. The molecule has 4 aromatic carbocycles. The van der Waals surface area contributed by atoms with E-state index in [-0.39, 0.29) is 26.7 Å². The Morgan fingerprint density at radius 2 is 1.09 bits per heavy atom. The molecule has 0 amide bonds. The lowest BCUT2D eigenvalue weighted by Crippen LogP contribution is -2.22. The number of benzene rings is 4. The number of sulfonamides is 2. The number of nitrogens with zero attached hydrogens (tertiary/aromatic N) is 3. The Balaban J connectivity index is 0.000000179. The Morgan fingerprint density at radius 3 is 1.60 bits per heavy atom. The standard InChI is InChI=1S/C16H15N5O2S.C15H11ClN2O2S/c17-16(18)20-15-14-10-13(7-6-11(14)8-9-19-15)24(22,23)21-12-4-2-1-3-5-12;16-15-14-10-13(7-6-11(14)8-9-17-15)21(19,20)18-12-4-2-1-3-5-12/h1-10,21H,(H4,17,18,19,20);1-10,18H. The zero-order chi connectivity index (χ0) is 32.0. The fourth-order valence-electron chi connectivity index (χ4n) is 4.23. The van der Waals surface area contributed by atoms with Crippen LogP contribution in [0, 0.1) is 0 Å². The van der Waals surface area contributed by atoms with Gasteiger partial charge in [0.25, 0.3) is 20.0 Å². The van der Waals surface area contributed by atoms with Crippen LogP contribution in [-0.4, -0.2) is 32.8 Å². The number of para-hydroxylation sites is 2. The summed E-state index contributed by atoms with van der Waals surface area (Å²) in [4.78, 5) is 12.2. The first-order valence-corrected chi connectivity index (χ1v) is 16.5. The fraction of sp³-hybridized carbons (Fsp3) is 0. The maximum Gasteiger partial charge on any atom is 0.261 e. The molecule has 14 heteroatoms. The number of hydrogen-bond acceptors (Lipinski definition) is 7. The van der Waals surface area contributed by atoms with Gasteiger partial charge < -0.3 is 11.5 Å². The molecule has 0 aliphatic heterocycles. The van der Waals surface area contributed by atoms with Gasteiger partial charge in [0.15, 0.2) is 11.8 Å². The van der Waals surface area contributed by atoms with E-state index in [1.807, 2.05) is 6.07 Å². The third-order valence-corrected chi connectivity index (χ3v) is 9.37. The minimum Gasteiger partial charge on any atom is -0.370 e. The first-order valence-electron chi connectivity index (χ1n) is 13.2. The molecular formula is C31H26ClN7O4S2. The highest BCUT2D eigenvalue weighted by atomic mass is 35.5. The van der Waals surface area contributed by atoms with Crippen LogP contribution >= 0.6 is 11.6 Å². The van der Waals surface area contributed by atoms with E-state index in [4.69, 9.17) is 23.1 Å². The van der Waals surface area contributed by atoms with Crippen molar-refractivity contribution in [2.24, 2.45) is 16.5 Å². The van der Waals surface area contributed by atoms with Gasteiger partial charge in [0.05, 0.1) is 9.79 Å². The molecule has 0 aliphatic carbocycles. The van der Waals surface area contributed by atoms with Crippen LogP contribution in [0.2, 0.25) is 5.15 Å². The second kappa shape index (κ2) is 13.2. The molecule has 6 N–H and O–H groups in total. The first-order chi connectivity index (χ1) is 21.5. The van der Waals surface area contributed by atoms with Gasteiger partial charge in [0.1, 0.15) is 5.15 Å². The van der Waals surface area contributed by atoms with Gasteiger partial charge in [-0.3, -0.25) is 9.44 Å². The minimum atomic E-state index is -3.74. The van der Waals surface area contributed by atoms with Crippen molar-refractivity contribution in [2.75, 3.05) is 9.44 Å². The summed E-state index contributed by atoms with van der Waals surface area (Å²) in [6, 6.07) is 30.4. The Labute approximate surface area is 264 Å². The Bertz CT molecular complexity index is 2230. The van der Waals surface area contributed by atoms with Crippen molar-refractivity contribution in [2.45, 2.75) is 9.79 Å². The average molecular weight is 660 g/mol. The normalized spacial score (nSPS) is 11.3. The molecule has 11 nitrogen and oxygen atoms in total. The number of nitrogens with one attached hydrogen (secondary N) is 2. The molecule has 0 radical (unpaired) electrons. The summed E-state index contributed by atoms with van der Waals surface area (Å²) >= 11 is 6.01. The number of halogens is 1. The topological polar surface area (TPSA) is 183 Å². The van der Waals surface area contributed by atoms with Crippen LogP contribution in [0.15, 0.2) is 136 Å². The van der Waals surface area contributed by atoms with Crippen molar-refractivity contribution in [1.29, 1.82) is 0 Å². The third kappa shape index (κ3) is 7.65. The van der Waals surface area contributed by atoms with Gasteiger partial charge in [-0.25, -0.2) is 26.8 Å². The van der Waals surface area contributed by atoms with Gasteiger partial charge in [0, 0.05) is 34.5 Å². The van der Waals surface area contributed by atoms with E-state index in [0.29, 0.717) is 22.1 Å². The number of nitrogens with two attached hydrogens (primary N) is 2. The Kier molecular flexibility index (Phi) is 9.13. The Hall–Kier alpha value is -5.24. The monoisotopic (exact) mass is 659 g/mol. The van der Waals surface area contributed by atoms with E-state index in [9.17, 15) is 16.8 Å².